The van der Waals surface area contributed by atoms with Crippen molar-refractivity contribution >= 4 is 11.9 Å². The summed E-state index contributed by atoms with van der Waals surface area (Å²) >= 11 is 0. The van der Waals surface area contributed by atoms with Crippen LogP contribution in [0.1, 0.15) is 68.2 Å². The van der Waals surface area contributed by atoms with Crippen LogP contribution in [-0.4, -0.2) is 52.4 Å². The second-order valence-electron chi connectivity index (χ2n) is 9.45. The quantitative estimate of drug-likeness (QED) is 0.324. The average Bonchev–Trinajstić information content (AvgIpc) is 3.63. The van der Waals surface area contributed by atoms with E-state index in [1.54, 1.807) is 7.11 Å². The fourth-order valence-electron chi connectivity index (χ4n) is 4.74. The third-order valence-electron chi connectivity index (χ3n) is 6.70. The van der Waals surface area contributed by atoms with Crippen molar-refractivity contribution in [2.45, 2.75) is 64.7 Å². The number of carbonyl (C=O) groups excluding carboxylic acids is 1. The number of nitrogens with one attached hydrogen (secondary N) is 1. The Morgan fingerprint density at radius 2 is 1.89 bits per heavy atom. The maximum Gasteiger partial charge on any atom is 0.303 e. The number of nitrogens with zero attached hydrogens (tertiary/aromatic N) is 3. The van der Waals surface area contributed by atoms with Gasteiger partial charge in [-0.2, -0.15) is 4.98 Å². The minimum absolute atomic E-state index is 0.0515. The number of carboxylic acid groups (broad SMARTS) is 1. The lowest BCUT2D eigenvalue weighted by atomic mass is 10.0. The first-order valence-electron chi connectivity index (χ1n) is 13.0. The summed E-state index contributed by atoms with van der Waals surface area (Å²) in [5, 5.41) is 15.6. The molecule has 38 heavy (non-hydrogen) atoms. The van der Waals surface area contributed by atoms with Crippen LogP contribution in [0.25, 0.3) is 22.8 Å². The number of hydrogen-bond donors (Lipinski definition) is 2. The number of aromatic nitrogens is 3. The molecule has 0 bridgehead atoms. The lowest BCUT2D eigenvalue weighted by Gasteiger charge is -2.15. The molecule has 1 aliphatic carbocycles. The SMILES string of the molecule is CCc1cc(-c2noc(-c3cc(OC)nc(C4CCCC4)c3)n2)cc(C)c1OCCNC(=O)CCC(=O)O. The topological polar surface area (TPSA) is 137 Å². The summed E-state index contributed by atoms with van der Waals surface area (Å²) < 4.78 is 17.1. The third-order valence-corrected chi connectivity index (χ3v) is 6.70. The van der Waals surface area contributed by atoms with Crippen LogP contribution in [0, 0.1) is 6.92 Å². The molecule has 4 rings (SSSR count). The molecule has 0 atom stereocenters. The Balaban J connectivity index is 1.47. The Bertz CT molecular complexity index is 1280. The lowest BCUT2D eigenvalue weighted by Crippen LogP contribution is -2.28. The van der Waals surface area contributed by atoms with E-state index in [9.17, 15) is 9.59 Å². The maximum absolute atomic E-state index is 11.7. The standard InChI is InChI=1S/C28H34N4O6/c1-4-18-14-20(13-17(2)26(18)37-12-11-29-23(33)9-10-25(34)35)27-31-28(38-32-27)21-15-22(19-7-5-6-8-19)30-24(16-21)36-3/h13-16,19H,4-12H2,1-3H3,(H,29,33)(H,34,35). The molecule has 1 amide bonds. The molecule has 0 saturated heterocycles. The smallest absolute Gasteiger partial charge is 0.303 e. The summed E-state index contributed by atoms with van der Waals surface area (Å²) in [5.41, 5.74) is 4.51. The molecule has 1 aliphatic rings. The van der Waals surface area contributed by atoms with E-state index in [0.717, 1.165) is 53.0 Å². The van der Waals surface area contributed by atoms with Gasteiger partial charge in [-0.25, -0.2) is 4.98 Å². The van der Waals surface area contributed by atoms with Crippen molar-refractivity contribution in [1.29, 1.82) is 0 Å². The Kier molecular flexibility index (Phi) is 8.93. The van der Waals surface area contributed by atoms with Gasteiger partial charge in [-0.15, -0.1) is 0 Å². The summed E-state index contributed by atoms with van der Waals surface area (Å²) in [6, 6.07) is 7.77. The first-order chi connectivity index (χ1) is 18.4. The van der Waals surface area contributed by atoms with Gasteiger partial charge in [-0.1, -0.05) is 24.9 Å². The van der Waals surface area contributed by atoms with Crippen molar-refractivity contribution in [1.82, 2.24) is 20.4 Å². The number of aryl methyl sites for hydroxylation is 2. The molecular formula is C28H34N4O6. The Morgan fingerprint density at radius 1 is 1.11 bits per heavy atom. The van der Waals surface area contributed by atoms with Crippen LogP contribution in [0.5, 0.6) is 11.6 Å². The summed E-state index contributed by atoms with van der Waals surface area (Å²) in [5.74, 6) is 1.29. The molecular weight excluding hydrogens is 488 g/mol. The summed E-state index contributed by atoms with van der Waals surface area (Å²) in [4.78, 5) is 31.6. The van der Waals surface area contributed by atoms with Crippen LogP contribution < -0.4 is 14.8 Å². The normalized spacial score (nSPS) is 13.4. The molecule has 0 unspecified atom stereocenters. The predicted octanol–water partition coefficient (Wildman–Crippen LogP) is 4.70. The second kappa shape index (κ2) is 12.5. The van der Waals surface area contributed by atoms with E-state index in [2.05, 4.69) is 20.4 Å². The zero-order valence-electron chi connectivity index (χ0n) is 22.1. The van der Waals surface area contributed by atoms with Crippen molar-refractivity contribution in [3.05, 3.63) is 41.1 Å². The minimum Gasteiger partial charge on any atom is -0.491 e. The van der Waals surface area contributed by atoms with Crippen LogP contribution >= 0.6 is 0 Å². The van der Waals surface area contributed by atoms with Crippen LogP contribution in [0.4, 0.5) is 0 Å². The van der Waals surface area contributed by atoms with Gasteiger partial charge in [-0.05, 0) is 55.5 Å². The van der Waals surface area contributed by atoms with Gasteiger partial charge in [0, 0.05) is 35.2 Å². The van der Waals surface area contributed by atoms with Gasteiger partial charge in [0.05, 0.1) is 20.1 Å². The number of pyridine rings is 1. The van der Waals surface area contributed by atoms with Crippen molar-refractivity contribution in [2.75, 3.05) is 20.3 Å². The molecule has 2 heterocycles. The monoisotopic (exact) mass is 522 g/mol. The number of hydrogen-bond acceptors (Lipinski definition) is 8. The first-order valence-corrected chi connectivity index (χ1v) is 13.0. The second-order valence-corrected chi connectivity index (χ2v) is 9.45. The van der Waals surface area contributed by atoms with Crippen molar-refractivity contribution < 1.29 is 28.7 Å². The Hall–Kier alpha value is -3.95. The fourth-order valence-corrected chi connectivity index (χ4v) is 4.74. The van der Waals surface area contributed by atoms with Crippen LogP contribution in [0.15, 0.2) is 28.8 Å². The van der Waals surface area contributed by atoms with Gasteiger partial charge in [0.25, 0.3) is 5.89 Å². The van der Waals surface area contributed by atoms with Crippen LogP contribution in [0.2, 0.25) is 0 Å². The highest BCUT2D eigenvalue weighted by Gasteiger charge is 2.22. The highest BCUT2D eigenvalue weighted by atomic mass is 16.5. The number of amides is 1. The number of ether oxygens (including phenoxy) is 2. The number of aliphatic carboxylic acids is 1. The number of rotatable bonds is 12. The largest absolute Gasteiger partial charge is 0.491 e. The van der Waals surface area contributed by atoms with Crippen molar-refractivity contribution in [3.63, 3.8) is 0 Å². The molecule has 0 spiro atoms. The van der Waals surface area contributed by atoms with E-state index in [4.69, 9.17) is 19.1 Å². The molecule has 1 saturated carbocycles. The van der Waals surface area contributed by atoms with Gasteiger partial charge >= 0.3 is 5.97 Å². The number of benzene rings is 1. The molecule has 0 radical (unpaired) electrons. The van der Waals surface area contributed by atoms with Gasteiger partial charge < -0.3 is 24.4 Å². The predicted molar refractivity (Wildman–Crippen MR) is 140 cm³/mol. The highest BCUT2D eigenvalue weighted by Crippen LogP contribution is 2.36. The zero-order valence-corrected chi connectivity index (χ0v) is 22.1. The summed E-state index contributed by atoms with van der Waals surface area (Å²) in [7, 11) is 1.61. The maximum atomic E-state index is 11.7. The van der Waals surface area contributed by atoms with E-state index in [1.807, 2.05) is 38.1 Å². The molecule has 2 aromatic heterocycles. The molecule has 10 nitrogen and oxygen atoms in total. The van der Waals surface area contributed by atoms with Gasteiger partial charge in [0.1, 0.15) is 12.4 Å². The number of carboxylic acids is 1. The van der Waals surface area contributed by atoms with Crippen LogP contribution in [0.3, 0.4) is 0 Å². The van der Waals surface area contributed by atoms with Crippen molar-refractivity contribution in [3.8, 4) is 34.5 Å². The van der Waals surface area contributed by atoms with Gasteiger partial charge in [-0.3, -0.25) is 9.59 Å². The molecule has 202 valence electrons. The first kappa shape index (κ1) is 27.1. The number of carbonyl (C=O) groups is 2. The molecule has 0 aliphatic heterocycles. The van der Waals surface area contributed by atoms with E-state index in [-0.39, 0.29) is 31.9 Å². The highest BCUT2D eigenvalue weighted by molar-refractivity contribution is 5.80. The molecule has 3 aromatic rings. The number of methoxy groups -OCH3 is 1. The Labute approximate surface area is 221 Å². The Morgan fingerprint density at radius 3 is 2.61 bits per heavy atom. The summed E-state index contributed by atoms with van der Waals surface area (Å²) in [6.45, 7) is 4.54. The van der Waals surface area contributed by atoms with Gasteiger partial charge in [0.2, 0.25) is 17.6 Å². The molecule has 1 aromatic carbocycles. The summed E-state index contributed by atoms with van der Waals surface area (Å²) in [6.07, 6.45) is 5.16. The molecule has 1 fully saturated rings. The molecule has 10 heteroatoms. The van der Waals surface area contributed by atoms with E-state index in [0.29, 0.717) is 23.5 Å². The fraction of sp³-hybridized carbons (Fsp3) is 0.464. The molecule has 2 N–H and O–H groups in total. The van der Waals surface area contributed by atoms with Crippen molar-refractivity contribution in [2.24, 2.45) is 0 Å². The van der Waals surface area contributed by atoms with E-state index in [1.165, 1.54) is 12.8 Å². The minimum atomic E-state index is -0.997. The average molecular weight is 523 g/mol. The van der Waals surface area contributed by atoms with Crippen LogP contribution in [-0.2, 0) is 16.0 Å². The lowest BCUT2D eigenvalue weighted by molar-refractivity contribution is -0.138. The van der Waals surface area contributed by atoms with Gasteiger partial charge in [0.15, 0.2) is 0 Å². The van der Waals surface area contributed by atoms with E-state index < -0.39 is 5.97 Å². The third kappa shape index (κ3) is 6.67. The van der Waals surface area contributed by atoms with E-state index >= 15 is 0 Å². The zero-order chi connectivity index (χ0) is 27.1.